The SMILES string of the molecule is CCCNC(Cc1cc(Cl)ccc1Cl)c1ccnc(C)c1. The molecule has 0 saturated carbocycles. The second kappa shape index (κ2) is 7.79. The number of pyridine rings is 1. The molecule has 4 heteroatoms. The number of benzene rings is 1. The first-order valence-electron chi connectivity index (χ1n) is 7.20. The van der Waals surface area contributed by atoms with E-state index in [2.05, 4.69) is 29.4 Å². The third-order valence-corrected chi connectivity index (χ3v) is 4.00. The summed E-state index contributed by atoms with van der Waals surface area (Å²) in [6.07, 6.45) is 3.75. The van der Waals surface area contributed by atoms with E-state index in [1.165, 1.54) is 5.56 Å². The van der Waals surface area contributed by atoms with E-state index in [1.54, 1.807) is 0 Å². The van der Waals surface area contributed by atoms with E-state index in [1.807, 2.05) is 31.3 Å². The number of halogens is 2. The van der Waals surface area contributed by atoms with Crippen LogP contribution in [0.2, 0.25) is 10.0 Å². The van der Waals surface area contributed by atoms with Crippen LogP contribution in [0.1, 0.15) is 36.2 Å². The van der Waals surface area contributed by atoms with Crippen LogP contribution < -0.4 is 5.32 Å². The lowest BCUT2D eigenvalue weighted by Gasteiger charge is -2.20. The molecular weight excluding hydrogens is 303 g/mol. The van der Waals surface area contributed by atoms with E-state index in [0.717, 1.165) is 40.7 Å². The molecule has 1 aromatic carbocycles. The molecule has 1 aromatic heterocycles. The summed E-state index contributed by atoms with van der Waals surface area (Å²) >= 11 is 12.4. The van der Waals surface area contributed by atoms with Crippen LogP contribution in [0.4, 0.5) is 0 Å². The second-order valence-corrected chi connectivity index (χ2v) is 6.02. The molecule has 0 radical (unpaired) electrons. The molecule has 0 aliphatic rings. The summed E-state index contributed by atoms with van der Waals surface area (Å²) in [5.74, 6) is 0. The van der Waals surface area contributed by atoms with Gasteiger partial charge in [0, 0.05) is 28.0 Å². The molecule has 0 aliphatic carbocycles. The highest BCUT2D eigenvalue weighted by Gasteiger charge is 2.14. The first kappa shape index (κ1) is 16.3. The maximum absolute atomic E-state index is 6.29. The molecule has 0 amide bonds. The minimum atomic E-state index is 0.211. The lowest BCUT2D eigenvalue weighted by molar-refractivity contribution is 0.528. The van der Waals surface area contributed by atoms with E-state index >= 15 is 0 Å². The smallest absolute Gasteiger partial charge is 0.0439 e. The van der Waals surface area contributed by atoms with Gasteiger partial charge in [-0.2, -0.15) is 0 Å². The van der Waals surface area contributed by atoms with Crippen LogP contribution in [0.3, 0.4) is 0 Å². The van der Waals surface area contributed by atoms with Gasteiger partial charge in [-0.25, -0.2) is 0 Å². The molecular formula is C17H20Cl2N2. The maximum atomic E-state index is 6.29. The monoisotopic (exact) mass is 322 g/mol. The van der Waals surface area contributed by atoms with Gasteiger partial charge in [-0.05, 0) is 67.8 Å². The fourth-order valence-corrected chi connectivity index (χ4v) is 2.72. The van der Waals surface area contributed by atoms with E-state index < -0.39 is 0 Å². The molecule has 1 heterocycles. The molecule has 0 spiro atoms. The molecule has 0 saturated heterocycles. The summed E-state index contributed by atoms with van der Waals surface area (Å²) in [7, 11) is 0. The van der Waals surface area contributed by atoms with E-state index in [-0.39, 0.29) is 6.04 Å². The van der Waals surface area contributed by atoms with Crippen molar-refractivity contribution in [2.45, 2.75) is 32.7 Å². The molecule has 1 atom stereocenters. The van der Waals surface area contributed by atoms with E-state index in [4.69, 9.17) is 23.2 Å². The highest BCUT2D eigenvalue weighted by Crippen LogP contribution is 2.26. The molecule has 1 N–H and O–H groups in total. The van der Waals surface area contributed by atoms with Gasteiger partial charge in [-0.15, -0.1) is 0 Å². The quantitative estimate of drug-likeness (QED) is 0.811. The summed E-state index contributed by atoms with van der Waals surface area (Å²) in [4.78, 5) is 4.27. The molecule has 0 bridgehead atoms. The lowest BCUT2D eigenvalue weighted by Crippen LogP contribution is -2.24. The molecule has 2 rings (SSSR count). The molecule has 112 valence electrons. The Hall–Kier alpha value is -1.09. The van der Waals surface area contributed by atoms with Gasteiger partial charge < -0.3 is 5.32 Å². The van der Waals surface area contributed by atoms with Crippen LogP contribution in [-0.2, 0) is 6.42 Å². The zero-order valence-corrected chi connectivity index (χ0v) is 13.9. The number of nitrogens with one attached hydrogen (secondary N) is 1. The van der Waals surface area contributed by atoms with Gasteiger partial charge in [0.2, 0.25) is 0 Å². The van der Waals surface area contributed by atoms with Gasteiger partial charge in [0.25, 0.3) is 0 Å². The topological polar surface area (TPSA) is 24.9 Å². The van der Waals surface area contributed by atoms with Crippen molar-refractivity contribution in [3.63, 3.8) is 0 Å². The fraction of sp³-hybridized carbons (Fsp3) is 0.353. The van der Waals surface area contributed by atoms with Gasteiger partial charge in [-0.1, -0.05) is 30.1 Å². The second-order valence-electron chi connectivity index (χ2n) is 5.18. The third kappa shape index (κ3) is 4.70. The van der Waals surface area contributed by atoms with Gasteiger partial charge in [-0.3, -0.25) is 4.98 Å². The van der Waals surface area contributed by atoms with Gasteiger partial charge >= 0.3 is 0 Å². The predicted octanol–water partition coefficient (Wildman–Crippen LogP) is 4.98. The molecule has 0 fully saturated rings. The van der Waals surface area contributed by atoms with Crippen molar-refractivity contribution in [3.8, 4) is 0 Å². The standard InChI is InChI=1S/C17H20Cl2N2/c1-3-7-21-17(13-6-8-20-12(2)9-13)11-14-10-15(18)4-5-16(14)19/h4-6,8-10,17,21H,3,7,11H2,1-2H3. The molecule has 1 unspecified atom stereocenters. The van der Waals surface area contributed by atoms with Gasteiger partial charge in [0.15, 0.2) is 0 Å². The Morgan fingerprint density at radius 3 is 2.71 bits per heavy atom. The highest BCUT2D eigenvalue weighted by molar-refractivity contribution is 6.33. The van der Waals surface area contributed by atoms with Crippen molar-refractivity contribution in [2.75, 3.05) is 6.54 Å². The van der Waals surface area contributed by atoms with Crippen LogP contribution in [-0.4, -0.2) is 11.5 Å². The average molecular weight is 323 g/mol. The summed E-state index contributed by atoms with van der Waals surface area (Å²) in [6, 6.07) is 10.00. The Kier molecular flexibility index (Phi) is 6.04. The Balaban J connectivity index is 2.25. The number of rotatable bonds is 6. The summed E-state index contributed by atoms with van der Waals surface area (Å²) in [5, 5.41) is 5.05. The van der Waals surface area contributed by atoms with Crippen LogP contribution in [0.15, 0.2) is 36.5 Å². The molecule has 21 heavy (non-hydrogen) atoms. The summed E-state index contributed by atoms with van der Waals surface area (Å²) in [6.45, 7) is 5.13. The molecule has 2 nitrogen and oxygen atoms in total. The van der Waals surface area contributed by atoms with Crippen LogP contribution in [0.5, 0.6) is 0 Å². The zero-order valence-electron chi connectivity index (χ0n) is 12.4. The third-order valence-electron chi connectivity index (χ3n) is 3.40. The normalized spacial score (nSPS) is 12.4. The molecule has 2 aromatic rings. The number of hydrogen-bond acceptors (Lipinski definition) is 2. The number of aromatic nitrogens is 1. The predicted molar refractivity (Wildman–Crippen MR) is 90.2 cm³/mol. The van der Waals surface area contributed by atoms with Crippen LogP contribution in [0.25, 0.3) is 0 Å². The van der Waals surface area contributed by atoms with E-state index in [0.29, 0.717) is 0 Å². The van der Waals surface area contributed by atoms with Crippen molar-refractivity contribution in [1.82, 2.24) is 10.3 Å². The first-order valence-corrected chi connectivity index (χ1v) is 7.95. The summed E-state index contributed by atoms with van der Waals surface area (Å²) < 4.78 is 0. The van der Waals surface area contributed by atoms with Crippen molar-refractivity contribution >= 4 is 23.2 Å². The summed E-state index contributed by atoms with van der Waals surface area (Å²) in [5.41, 5.74) is 3.31. The van der Waals surface area contributed by atoms with Gasteiger partial charge in [0.1, 0.15) is 0 Å². The minimum absolute atomic E-state index is 0.211. The van der Waals surface area contributed by atoms with Gasteiger partial charge in [0.05, 0.1) is 0 Å². The maximum Gasteiger partial charge on any atom is 0.0439 e. The zero-order chi connectivity index (χ0) is 15.2. The van der Waals surface area contributed by atoms with Crippen LogP contribution >= 0.6 is 23.2 Å². The number of hydrogen-bond donors (Lipinski definition) is 1. The Labute approximate surface area is 136 Å². The largest absolute Gasteiger partial charge is 0.310 e. The Bertz CT molecular complexity index is 599. The lowest BCUT2D eigenvalue weighted by atomic mass is 9.99. The highest BCUT2D eigenvalue weighted by atomic mass is 35.5. The van der Waals surface area contributed by atoms with Crippen molar-refractivity contribution in [1.29, 1.82) is 0 Å². The minimum Gasteiger partial charge on any atom is -0.310 e. The first-order chi connectivity index (χ1) is 10.1. The Morgan fingerprint density at radius 1 is 1.19 bits per heavy atom. The van der Waals surface area contributed by atoms with Crippen LogP contribution in [0, 0.1) is 6.92 Å². The number of nitrogens with zero attached hydrogens (tertiary/aromatic N) is 1. The van der Waals surface area contributed by atoms with Crippen molar-refractivity contribution in [3.05, 3.63) is 63.4 Å². The Morgan fingerprint density at radius 2 is 2.00 bits per heavy atom. The van der Waals surface area contributed by atoms with Crippen molar-refractivity contribution < 1.29 is 0 Å². The molecule has 0 aliphatic heterocycles. The van der Waals surface area contributed by atoms with Crippen molar-refractivity contribution in [2.24, 2.45) is 0 Å². The van der Waals surface area contributed by atoms with E-state index in [9.17, 15) is 0 Å². The average Bonchev–Trinajstić information content (AvgIpc) is 2.47. The number of aryl methyl sites for hydroxylation is 1. The fourth-order valence-electron chi connectivity index (χ4n) is 2.33.